The summed E-state index contributed by atoms with van der Waals surface area (Å²) in [4.78, 5) is 99.6. The van der Waals surface area contributed by atoms with Crippen LogP contribution in [0.15, 0.2) is 30.3 Å². The lowest BCUT2D eigenvalue weighted by molar-refractivity contribution is -0.148. The first kappa shape index (κ1) is 61.3. The number of carbonyl (C=O) groups is 7. The second-order valence-corrected chi connectivity index (χ2v) is 21.0. The van der Waals surface area contributed by atoms with Crippen LogP contribution in [0.2, 0.25) is 0 Å². The smallest absolute Gasteiger partial charge is 0.410 e. The third kappa shape index (κ3) is 20.8. The molecule has 1 saturated heterocycles. The molecule has 0 unspecified atom stereocenters. The Kier molecular flexibility index (Phi) is 26.3. The molecule has 1 heterocycles. The van der Waals surface area contributed by atoms with Crippen LogP contribution in [0, 0.1) is 11.8 Å². The van der Waals surface area contributed by atoms with Gasteiger partial charge in [0.25, 0.3) is 0 Å². The van der Waals surface area contributed by atoms with Gasteiger partial charge in [-0.05, 0) is 84.6 Å². The van der Waals surface area contributed by atoms with Gasteiger partial charge in [0, 0.05) is 26.2 Å². The van der Waals surface area contributed by atoms with E-state index in [9.17, 15) is 33.9 Å². The summed E-state index contributed by atoms with van der Waals surface area (Å²) in [6.07, 6.45) is 8.75. The highest BCUT2D eigenvalue weighted by Crippen LogP contribution is 2.33. The number of alkyl carbamates (subject to hydrolysis) is 1. The van der Waals surface area contributed by atoms with Crippen molar-refractivity contribution in [3.8, 4) is 0 Å². The van der Waals surface area contributed by atoms with Crippen LogP contribution in [0.5, 0.6) is 0 Å². The molecule has 7 atom stereocenters. The molecule has 0 aromatic heterocycles. The number of piperidine rings is 1. The standard InChI is InChI=1S/C53H89N7O12/c1-10-12-13-21-27-44(70-33-36(3)54)37(4)47(63)59(9)43(22-11-2)46(62)58-53(8,39-25-19-14-15-20-26-39)49(66)57-41(32-55-50(67)71-34-38-23-17-16-18-24-38)45(61)56-42(48(64)65)35-69-40-28-30-60(31-29-40)51(68)72-52(5,6)7/h16-18,23-24,36-37,39-44H,10-15,19-22,25-35,54H2,1-9H3,(H,55,67)(H,56,61)(H,57,66)(H,58,62)(H,64,65)/t36-,37-,41+,42+,43+,44-,53-/m1/s1. The number of carboxylic acids is 1. The number of likely N-dealkylation sites (tertiary alicyclic amines) is 1. The number of ether oxygens (including phenoxy) is 4. The number of carbonyl (C=O) groups excluding carboxylic acids is 6. The van der Waals surface area contributed by atoms with Crippen molar-refractivity contribution < 1.29 is 57.6 Å². The van der Waals surface area contributed by atoms with E-state index in [1.165, 1.54) is 4.90 Å². The van der Waals surface area contributed by atoms with Crippen LogP contribution >= 0.6 is 0 Å². The second kappa shape index (κ2) is 30.9. The van der Waals surface area contributed by atoms with Gasteiger partial charge < -0.3 is 60.9 Å². The largest absolute Gasteiger partial charge is 0.480 e. The first-order valence-corrected chi connectivity index (χ1v) is 26.4. The average molecular weight is 1020 g/mol. The summed E-state index contributed by atoms with van der Waals surface area (Å²) in [7, 11) is 1.60. The van der Waals surface area contributed by atoms with E-state index in [1.54, 1.807) is 63.9 Å². The Bertz CT molecular complexity index is 1850. The highest BCUT2D eigenvalue weighted by molar-refractivity contribution is 5.97. The number of aliphatic carboxylic acids is 1. The quantitative estimate of drug-likeness (QED) is 0.0405. The van der Waals surface area contributed by atoms with E-state index in [-0.39, 0.29) is 31.1 Å². The predicted molar refractivity (Wildman–Crippen MR) is 273 cm³/mol. The fourth-order valence-corrected chi connectivity index (χ4v) is 9.16. The molecular weight excluding hydrogens is 927 g/mol. The third-order valence-corrected chi connectivity index (χ3v) is 13.6. The normalized spacial score (nSPS) is 18.1. The molecule has 1 aromatic rings. The molecule has 3 rings (SSSR count). The topological polar surface area (TPSA) is 257 Å². The minimum Gasteiger partial charge on any atom is -0.480 e. The van der Waals surface area contributed by atoms with Gasteiger partial charge >= 0.3 is 18.2 Å². The number of nitrogens with two attached hydrogens (primary N) is 1. The molecular formula is C53H89N7O12. The Morgan fingerprint density at radius 3 is 2.06 bits per heavy atom. The Hall–Kier alpha value is -5.01. The number of nitrogens with zero attached hydrogens (tertiary/aromatic N) is 2. The van der Waals surface area contributed by atoms with Gasteiger partial charge in [0.2, 0.25) is 23.6 Å². The molecule has 6 amide bonds. The fourth-order valence-electron chi connectivity index (χ4n) is 9.16. The number of unbranched alkanes of at least 4 members (excludes halogenated alkanes) is 3. The monoisotopic (exact) mass is 1020 g/mol. The van der Waals surface area contributed by atoms with Crippen LogP contribution in [0.25, 0.3) is 0 Å². The highest BCUT2D eigenvalue weighted by Gasteiger charge is 2.46. The molecule has 0 spiro atoms. The van der Waals surface area contributed by atoms with Gasteiger partial charge in [0.05, 0.1) is 37.9 Å². The first-order valence-electron chi connectivity index (χ1n) is 26.4. The summed E-state index contributed by atoms with van der Waals surface area (Å²) in [6.45, 7) is 14.6. The van der Waals surface area contributed by atoms with Crippen LogP contribution in [0.1, 0.15) is 157 Å². The molecule has 0 bridgehead atoms. The molecule has 1 aliphatic heterocycles. The van der Waals surface area contributed by atoms with E-state index in [0.29, 0.717) is 63.6 Å². The lowest BCUT2D eigenvalue weighted by Gasteiger charge is -2.40. The van der Waals surface area contributed by atoms with Crippen molar-refractivity contribution in [1.29, 1.82) is 0 Å². The summed E-state index contributed by atoms with van der Waals surface area (Å²) in [5, 5.41) is 21.2. The summed E-state index contributed by atoms with van der Waals surface area (Å²) in [5.74, 6) is -4.86. The number of carboxylic acid groups (broad SMARTS) is 1. The Balaban J connectivity index is 1.89. The van der Waals surface area contributed by atoms with Gasteiger partial charge in [0.15, 0.2) is 6.04 Å². The van der Waals surface area contributed by atoms with Gasteiger partial charge in [-0.3, -0.25) is 19.2 Å². The maximum absolute atomic E-state index is 15.0. The van der Waals surface area contributed by atoms with Gasteiger partial charge in [-0.25, -0.2) is 14.4 Å². The zero-order valence-corrected chi connectivity index (χ0v) is 44.8. The average Bonchev–Trinajstić information content (AvgIpc) is 3.64. The summed E-state index contributed by atoms with van der Waals surface area (Å²) >= 11 is 0. The minimum atomic E-state index is -1.62. The maximum Gasteiger partial charge on any atom is 0.410 e. The van der Waals surface area contributed by atoms with E-state index >= 15 is 4.79 Å². The van der Waals surface area contributed by atoms with Crippen molar-refractivity contribution >= 4 is 41.8 Å². The van der Waals surface area contributed by atoms with E-state index in [4.69, 9.17) is 24.7 Å². The predicted octanol–water partition coefficient (Wildman–Crippen LogP) is 6.19. The lowest BCUT2D eigenvalue weighted by atomic mass is 9.79. The molecule has 1 aromatic carbocycles. The number of amides is 6. The second-order valence-electron chi connectivity index (χ2n) is 21.0. The first-order chi connectivity index (χ1) is 34.1. The van der Waals surface area contributed by atoms with Crippen molar-refractivity contribution in [2.24, 2.45) is 17.6 Å². The SMILES string of the molecule is CCCCCC[C@@H](OC[C@@H](C)N)[C@@H](C)C(=O)N(C)[C@@H](CCC)C(=O)N[C@@](C)(C(=O)N[C@@H](CNC(=O)OCc1ccccc1)C(=O)N[C@@H](COC1CCN(C(=O)OC(C)(C)C)CC1)C(=O)O)C1CCCCCC1. The van der Waals surface area contributed by atoms with Gasteiger partial charge in [-0.2, -0.15) is 0 Å². The molecule has 7 N–H and O–H groups in total. The van der Waals surface area contributed by atoms with Gasteiger partial charge in [0.1, 0.15) is 29.8 Å². The van der Waals surface area contributed by atoms with Crippen molar-refractivity contribution in [2.45, 2.75) is 206 Å². The van der Waals surface area contributed by atoms with E-state index in [1.807, 2.05) is 26.8 Å². The molecule has 1 saturated carbocycles. The van der Waals surface area contributed by atoms with Crippen molar-refractivity contribution in [1.82, 2.24) is 31.1 Å². The third-order valence-electron chi connectivity index (χ3n) is 13.6. The summed E-state index contributed by atoms with van der Waals surface area (Å²) < 4.78 is 23.0. The molecule has 408 valence electrons. The zero-order chi connectivity index (χ0) is 53.4. The molecule has 19 heteroatoms. The van der Waals surface area contributed by atoms with Crippen LogP contribution in [-0.2, 0) is 49.5 Å². The Morgan fingerprint density at radius 2 is 1.47 bits per heavy atom. The Labute approximate surface area is 428 Å². The Morgan fingerprint density at radius 1 is 0.819 bits per heavy atom. The fraction of sp³-hybridized carbons (Fsp3) is 0.755. The van der Waals surface area contributed by atoms with E-state index < -0.39 is 96.4 Å². The molecule has 1 aliphatic carbocycles. The number of likely N-dealkylation sites (N-methyl/N-ethyl adjacent to an activating group) is 1. The number of nitrogens with one attached hydrogen (secondary N) is 4. The maximum atomic E-state index is 15.0. The number of hydrogen-bond donors (Lipinski definition) is 6. The number of rotatable bonds is 28. The van der Waals surface area contributed by atoms with Gasteiger partial charge in [-0.1, -0.05) is 109 Å². The van der Waals surface area contributed by atoms with Crippen LogP contribution in [-0.4, -0.2) is 144 Å². The van der Waals surface area contributed by atoms with Crippen molar-refractivity contribution in [3.63, 3.8) is 0 Å². The lowest BCUT2D eigenvalue weighted by Crippen LogP contribution is -2.67. The van der Waals surface area contributed by atoms with E-state index in [2.05, 4.69) is 28.2 Å². The van der Waals surface area contributed by atoms with Crippen LogP contribution in [0.3, 0.4) is 0 Å². The van der Waals surface area contributed by atoms with E-state index in [0.717, 1.165) is 51.4 Å². The molecule has 0 radical (unpaired) electrons. The molecule has 19 nitrogen and oxygen atoms in total. The van der Waals surface area contributed by atoms with Crippen LogP contribution in [0.4, 0.5) is 9.59 Å². The van der Waals surface area contributed by atoms with Gasteiger partial charge in [-0.15, -0.1) is 0 Å². The minimum absolute atomic E-state index is 0.0784. The van der Waals surface area contributed by atoms with Crippen LogP contribution < -0.4 is 27.0 Å². The number of hydrogen-bond acceptors (Lipinski definition) is 12. The highest BCUT2D eigenvalue weighted by atomic mass is 16.6. The molecule has 72 heavy (non-hydrogen) atoms. The molecule has 2 fully saturated rings. The number of benzene rings is 1. The summed E-state index contributed by atoms with van der Waals surface area (Å²) in [5.41, 5.74) is 4.47. The molecule has 2 aliphatic rings. The zero-order valence-electron chi connectivity index (χ0n) is 44.8. The summed E-state index contributed by atoms with van der Waals surface area (Å²) in [6, 6.07) is 4.64. The van der Waals surface area contributed by atoms with Crippen molar-refractivity contribution in [2.75, 3.05) is 39.9 Å². The van der Waals surface area contributed by atoms with Crippen molar-refractivity contribution in [3.05, 3.63) is 35.9 Å².